The summed E-state index contributed by atoms with van der Waals surface area (Å²) in [6.45, 7) is 1.11. The van der Waals surface area contributed by atoms with Crippen molar-refractivity contribution in [1.29, 1.82) is 0 Å². The van der Waals surface area contributed by atoms with E-state index in [1.54, 1.807) is 0 Å². The van der Waals surface area contributed by atoms with Crippen LogP contribution in [0.25, 0.3) is 0 Å². The van der Waals surface area contributed by atoms with Crippen molar-refractivity contribution in [3.8, 4) is 0 Å². The maximum Gasteiger partial charge on any atom is 0.0897 e. The zero-order valence-corrected chi connectivity index (χ0v) is 12.8. The second-order valence-corrected chi connectivity index (χ2v) is 6.51. The topological polar surface area (TPSA) is 41.5 Å². The van der Waals surface area contributed by atoms with E-state index in [2.05, 4.69) is 29.6 Å². The zero-order chi connectivity index (χ0) is 14.5. The van der Waals surface area contributed by atoms with Crippen LogP contribution in [0, 0.1) is 0 Å². The first-order valence-corrected chi connectivity index (χ1v) is 8.41. The molecule has 2 N–H and O–H groups in total. The van der Waals surface area contributed by atoms with Gasteiger partial charge in [0.25, 0.3) is 0 Å². The first kappa shape index (κ1) is 15.0. The Morgan fingerprint density at radius 1 is 1.14 bits per heavy atom. The molecule has 2 atom stereocenters. The van der Waals surface area contributed by atoms with Gasteiger partial charge in [0.2, 0.25) is 0 Å². The standard InChI is InChI=1S/C18H27NO2/c20-17(13-21-18-7-3-4-8-18)12-19-16-10-9-14-5-1-2-6-15(14)11-16/h1-2,5-6,16-20H,3-4,7-13H2. The highest BCUT2D eigenvalue weighted by Crippen LogP contribution is 2.22. The number of benzene rings is 1. The summed E-state index contributed by atoms with van der Waals surface area (Å²) >= 11 is 0. The zero-order valence-electron chi connectivity index (χ0n) is 12.8. The quantitative estimate of drug-likeness (QED) is 0.845. The molecule has 0 bridgehead atoms. The van der Waals surface area contributed by atoms with Crippen LogP contribution in [-0.2, 0) is 17.6 Å². The molecule has 1 aromatic carbocycles. The average Bonchev–Trinajstić information content (AvgIpc) is 3.04. The van der Waals surface area contributed by atoms with Gasteiger partial charge in [0, 0.05) is 12.6 Å². The highest BCUT2D eigenvalue weighted by Gasteiger charge is 2.20. The smallest absolute Gasteiger partial charge is 0.0897 e. The third kappa shape index (κ3) is 4.29. The van der Waals surface area contributed by atoms with Crippen molar-refractivity contribution in [1.82, 2.24) is 5.32 Å². The Labute approximate surface area is 127 Å². The van der Waals surface area contributed by atoms with Crippen LogP contribution in [0.3, 0.4) is 0 Å². The number of fused-ring (bicyclic) bond motifs is 1. The molecular formula is C18H27NO2. The summed E-state index contributed by atoms with van der Waals surface area (Å²) in [7, 11) is 0. The predicted molar refractivity (Wildman–Crippen MR) is 84.5 cm³/mol. The lowest BCUT2D eigenvalue weighted by molar-refractivity contribution is -0.00634. The Kier molecular flexibility index (Phi) is 5.28. The minimum absolute atomic E-state index is 0.386. The molecule has 1 fully saturated rings. The maximum atomic E-state index is 10.0. The first-order valence-electron chi connectivity index (χ1n) is 8.41. The molecule has 0 spiro atoms. The molecule has 0 heterocycles. The van der Waals surface area contributed by atoms with Crippen LogP contribution in [0.15, 0.2) is 24.3 Å². The Hall–Kier alpha value is -0.900. The van der Waals surface area contributed by atoms with Gasteiger partial charge in [-0.1, -0.05) is 37.1 Å². The fourth-order valence-electron chi connectivity index (χ4n) is 3.54. The van der Waals surface area contributed by atoms with Crippen LogP contribution >= 0.6 is 0 Å². The van der Waals surface area contributed by atoms with Crippen molar-refractivity contribution in [2.75, 3.05) is 13.2 Å². The Morgan fingerprint density at radius 2 is 1.90 bits per heavy atom. The number of hydrogen-bond donors (Lipinski definition) is 2. The van der Waals surface area contributed by atoms with Crippen molar-refractivity contribution in [2.45, 2.75) is 63.2 Å². The molecule has 1 aromatic rings. The first-order chi connectivity index (χ1) is 10.3. The molecule has 0 radical (unpaired) electrons. The Bertz CT molecular complexity index is 443. The van der Waals surface area contributed by atoms with Crippen LogP contribution in [0.2, 0.25) is 0 Å². The highest BCUT2D eigenvalue weighted by molar-refractivity contribution is 5.30. The summed E-state index contributed by atoms with van der Waals surface area (Å²) in [5.41, 5.74) is 2.94. The normalized spacial score (nSPS) is 24.0. The molecule has 3 nitrogen and oxygen atoms in total. The van der Waals surface area contributed by atoms with E-state index < -0.39 is 0 Å². The molecule has 21 heavy (non-hydrogen) atoms. The van der Waals surface area contributed by atoms with E-state index in [1.807, 2.05) is 0 Å². The third-order valence-corrected chi connectivity index (χ3v) is 4.82. The SMILES string of the molecule is OC(CNC1CCc2ccccc2C1)COC1CCCC1. The van der Waals surface area contributed by atoms with E-state index in [-0.39, 0.29) is 6.10 Å². The third-order valence-electron chi connectivity index (χ3n) is 4.82. The van der Waals surface area contributed by atoms with Crippen molar-refractivity contribution in [2.24, 2.45) is 0 Å². The van der Waals surface area contributed by atoms with Crippen LogP contribution < -0.4 is 5.32 Å². The number of aliphatic hydroxyl groups excluding tert-OH is 1. The predicted octanol–water partition coefficient (Wildman–Crippen LogP) is 2.45. The number of hydrogen-bond acceptors (Lipinski definition) is 3. The fraction of sp³-hybridized carbons (Fsp3) is 0.667. The molecule has 0 aliphatic heterocycles. The van der Waals surface area contributed by atoms with E-state index in [0.717, 1.165) is 19.3 Å². The molecule has 0 aromatic heterocycles. The molecule has 1 saturated carbocycles. The summed E-state index contributed by atoms with van der Waals surface area (Å²) < 4.78 is 5.77. The lowest BCUT2D eigenvalue weighted by Gasteiger charge is -2.26. The monoisotopic (exact) mass is 289 g/mol. The number of ether oxygens (including phenoxy) is 1. The van der Waals surface area contributed by atoms with E-state index in [9.17, 15) is 5.11 Å². The van der Waals surface area contributed by atoms with Gasteiger partial charge >= 0.3 is 0 Å². The van der Waals surface area contributed by atoms with Gasteiger partial charge in [-0.25, -0.2) is 0 Å². The molecule has 3 heteroatoms. The Morgan fingerprint density at radius 3 is 2.71 bits per heavy atom. The summed E-state index contributed by atoms with van der Waals surface area (Å²) in [5.74, 6) is 0. The number of nitrogens with one attached hydrogen (secondary N) is 1. The van der Waals surface area contributed by atoms with Crippen molar-refractivity contribution in [3.05, 3.63) is 35.4 Å². The lowest BCUT2D eigenvalue weighted by Crippen LogP contribution is -2.40. The minimum Gasteiger partial charge on any atom is -0.389 e. The van der Waals surface area contributed by atoms with Crippen LogP contribution in [0.1, 0.15) is 43.2 Å². The number of aliphatic hydroxyl groups is 1. The van der Waals surface area contributed by atoms with Crippen LogP contribution in [0.4, 0.5) is 0 Å². The molecule has 0 amide bonds. The van der Waals surface area contributed by atoms with E-state index >= 15 is 0 Å². The van der Waals surface area contributed by atoms with Crippen molar-refractivity contribution < 1.29 is 9.84 Å². The molecule has 2 unspecified atom stereocenters. The second-order valence-electron chi connectivity index (χ2n) is 6.51. The number of aryl methyl sites for hydroxylation is 1. The molecule has 2 aliphatic carbocycles. The maximum absolute atomic E-state index is 10.0. The van der Waals surface area contributed by atoms with Gasteiger partial charge in [0.1, 0.15) is 0 Å². The van der Waals surface area contributed by atoms with Gasteiger partial charge < -0.3 is 15.2 Å². The van der Waals surface area contributed by atoms with E-state index in [0.29, 0.717) is 25.3 Å². The molecule has 116 valence electrons. The molecule has 3 rings (SSSR count). The summed E-state index contributed by atoms with van der Waals surface area (Å²) in [6, 6.07) is 9.18. The van der Waals surface area contributed by atoms with Crippen LogP contribution in [-0.4, -0.2) is 36.5 Å². The van der Waals surface area contributed by atoms with Gasteiger partial charge in [0.05, 0.1) is 18.8 Å². The second kappa shape index (κ2) is 7.39. The van der Waals surface area contributed by atoms with Gasteiger partial charge in [-0.05, 0) is 43.2 Å². The average molecular weight is 289 g/mol. The highest BCUT2D eigenvalue weighted by atomic mass is 16.5. The summed E-state index contributed by atoms with van der Waals surface area (Å²) in [6.07, 6.45) is 8.27. The van der Waals surface area contributed by atoms with Crippen LogP contribution in [0.5, 0.6) is 0 Å². The molecular weight excluding hydrogens is 262 g/mol. The van der Waals surface area contributed by atoms with E-state index in [4.69, 9.17) is 4.74 Å². The summed E-state index contributed by atoms with van der Waals surface area (Å²) in [4.78, 5) is 0. The van der Waals surface area contributed by atoms with Crippen molar-refractivity contribution in [3.63, 3.8) is 0 Å². The molecule has 2 aliphatic rings. The number of rotatable bonds is 6. The van der Waals surface area contributed by atoms with E-state index in [1.165, 1.54) is 36.8 Å². The van der Waals surface area contributed by atoms with Crippen molar-refractivity contribution >= 4 is 0 Å². The minimum atomic E-state index is -0.386. The van der Waals surface area contributed by atoms with Gasteiger partial charge in [-0.2, -0.15) is 0 Å². The largest absolute Gasteiger partial charge is 0.389 e. The van der Waals surface area contributed by atoms with Gasteiger partial charge in [-0.3, -0.25) is 0 Å². The summed E-state index contributed by atoms with van der Waals surface area (Å²) in [5, 5.41) is 13.6. The lowest BCUT2D eigenvalue weighted by atomic mass is 9.88. The fourth-order valence-corrected chi connectivity index (χ4v) is 3.54. The Balaban J connectivity index is 1.37. The van der Waals surface area contributed by atoms with Gasteiger partial charge in [-0.15, -0.1) is 0 Å². The molecule has 0 saturated heterocycles. The van der Waals surface area contributed by atoms with Gasteiger partial charge in [0.15, 0.2) is 0 Å².